The first-order valence-electron chi connectivity index (χ1n) is 39.2. The van der Waals surface area contributed by atoms with Crippen LogP contribution in [0.25, 0.3) is 21.5 Å². The lowest BCUT2D eigenvalue weighted by Crippen LogP contribution is -2.60. The van der Waals surface area contributed by atoms with Crippen LogP contribution in [0.3, 0.4) is 0 Å². The van der Waals surface area contributed by atoms with Gasteiger partial charge < -0.3 is 61.4 Å². The number of carbonyl (C=O) groups excluding carboxylic acids is 9. The van der Waals surface area contributed by atoms with E-state index in [-0.39, 0.29) is 77.2 Å². The van der Waals surface area contributed by atoms with E-state index in [1.807, 2.05) is 112 Å². The van der Waals surface area contributed by atoms with E-state index in [9.17, 15) is 37.8 Å². The summed E-state index contributed by atoms with van der Waals surface area (Å²) in [5.74, 6) is -9.61. The molecule has 614 valence electrons. The fourth-order valence-corrected chi connectivity index (χ4v) is 15.9. The molecule has 115 heavy (non-hydrogen) atoms. The number of nitrogens with zero attached hydrogens (tertiary/aromatic N) is 5. The quantitative estimate of drug-likeness (QED) is 0.0417. The zero-order valence-electron chi connectivity index (χ0n) is 66.9. The maximum atomic E-state index is 15.5. The van der Waals surface area contributed by atoms with Gasteiger partial charge in [0.05, 0.1) is 48.1 Å². The number of aliphatic carboxylic acids is 1. The van der Waals surface area contributed by atoms with E-state index in [0.717, 1.165) is 21.5 Å². The van der Waals surface area contributed by atoms with Gasteiger partial charge in [-0.05, 0) is 158 Å². The second-order valence-corrected chi connectivity index (χ2v) is 34.5. The number of rotatable bonds is 18. The second-order valence-electron chi connectivity index (χ2n) is 32.7. The lowest BCUT2D eigenvalue weighted by atomic mass is 9.85. The number of aromatic nitrogens is 3. The molecule has 6 aliphatic rings. The van der Waals surface area contributed by atoms with Gasteiger partial charge in [0.15, 0.2) is 11.6 Å². The minimum absolute atomic E-state index is 0.0160. The topological polar surface area (TPSA) is 385 Å². The molecule has 2 saturated heterocycles. The number of ketones is 2. The molecule has 1 aromatic heterocycles. The number of likely N-dealkylation sites (N-methyl/N-ethyl adjacent to an activating group) is 2. The fraction of sp³-hybridized carbons (Fsp3) is 0.465. The molecule has 7 amide bonds. The predicted molar refractivity (Wildman–Crippen MR) is 433 cm³/mol. The molecule has 12 atom stereocenters. The van der Waals surface area contributed by atoms with Gasteiger partial charge in [-0.25, -0.2) is 13.1 Å². The van der Waals surface area contributed by atoms with Gasteiger partial charge in [-0.15, -0.1) is 5.10 Å². The number of carboxylic acid groups (broad SMARTS) is 1. The summed E-state index contributed by atoms with van der Waals surface area (Å²) in [6.07, 6.45) is 4.05. The van der Waals surface area contributed by atoms with Crippen molar-refractivity contribution in [1.29, 1.82) is 0 Å². The van der Waals surface area contributed by atoms with Crippen LogP contribution in [-0.2, 0) is 90.3 Å². The molecule has 9 N–H and O–H groups in total. The molecule has 10 bridgehead atoms. The molecule has 0 saturated carbocycles. The largest absolute Gasteiger partial charge is 0.490 e. The van der Waals surface area contributed by atoms with Crippen LogP contribution in [0, 0.1) is 28.6 Å². The van der Waals surface area contributed by atoms with Crippen molar-refractivity contribution in [2.45, 2.75) is 181 Å². The average Bonchev–Trinajstić information content (AvgIpc) is 1.66. The number of ether oxygens (including phenoxy) is 2. The summed E-state index contributed by atoms with van der Waals surface area (Å²) in [4.78, 5) is 150. The number of carbonyl (C=O) groups is 10. The molecule has 28 nitrogen and oxygen atoms in total. The van der Waals surface area contributed by atoms with Crippen LogP contribution in [0.5, 0.6) is 11.5 Å². The number of nitrogens with one attached hydrogen (secondary N) is 7. The summed E-state index contributed by atoms with van der Waals surface area (Å²) >= 11 is 0. The Hall–Kier alpha value is -10.7. The van der Waals surface area contributed by atoms with Gasteiger partial charge in [-0.2, -0.15) is 0 Å². The average molecular weight is 1600 g/mol. The van der Waals surface area contributed by atoms with E-state index in [4.69, 9.17) is 9.47 Å². The predicted octanol–water partition coefficient (Wildman–Crippen LogP) is 6.44. The maximum Gasteiger partial charge on any atom is 0.307 e. The number of carboxylic acids is 1. The molecule has 6 aliphatic heterocycles. The first kappa shape index (κ1) is 86.7. The van der Waals surface area contributed by atoms with Gasteiger partial charge >= 0.3 is 5.97 Å². The smallest absolute Gasteiger partial charge is 0.307 e. The Morgan fingerprint density at radius 2 is 1.08 bits per heavy atom. The third-order valence-corrected chi connectivity index (χ3v) is 23.1. The van der Waals surface area contributed by atoms with E-state index in [2.05, 4.69) is 46.9 Å². The van der Waals surface area contributed by atoms with E-state index in [0.29, 0.717) is 45.9 Å². The summed E-state index contributed by atoms with van der Waals surface area (Å²) in [6.45, 7) is 13.5. The SMILES string of the molecule is CN[C@@H](C)C(=O)N[C@H](C(=O)N1C[C@@H]2C[C@H]1C(=O)NC(Cc1ccc3ccccc3c1)C(=O)C[C@H](C(=O)NS(=O)(=O)CCCO)Cc1ccc(cc1)OC/C=C/C[C@H]1C[C@@H](C(=O)N[C@@H](Cc3ccc4ccccc4c3)C(=O)C[C@H](C(=O)O)Cc3ccc(cc3)OCc3cn2nn3)N(C(=O)[C@@H](NC(=O)[C@H](C)NC)C(C)(C)C)C1)C(C)(C)C. The van der Waals surface area contributed by atoms with Gasteiger partial charge in [0.25, 0.3) is 0 Å². The highest BCUT2D eigenvalue weighted by atomic mass is 32.2. The highest BCUT2D eigenvalue weighted by molar-refractivity contribution is 7.90. The number of hydrogen-bond acceptors (Lipinski definition) is 19. The highest BCUT2D eigenvalue weighted by Crippen LogP contribution is 2.35. The first-order chi connectivity index (χ1) is 54.7. The standard InChI is InChI=1S/C86H108N12O16S/c1-52(87-9)77(102)91-75(85(3,4)5)82(107)96-48-58-18-15-16-36-113-67-31-25-54(26-32-67)38-63(79(104)94-115(111,112)37-17-35-99)45-73(100)69(42-56-23-29-59-19-11-13-21-61(59)40-56)90-81(106)72-47-66(50-97(72)83(108)76(86(6,7)8)92-78(103)53(2)88-10)98-49-65(93-95-98)51-114-68-33-27-55(28-34-68)39-64(84(109)110)46-74(101)70(89-80(105)71(96)44-58)43-57-24-30-60-20-12-14-22-62(60)41-57/h11-16,19-34,40-41,49,52-53,58,63-64,66,69-72,75-76,87-88,99H,17-18,35-39,42-48,50-51H2,1-10H3,(H,89,105)(H,90,106)(H,91,102)(H,92,103)(H,94,104)(H,109,110)/b16-15+/t52-,53-,58-,63+,64+,66-,69?,70-,71-,72-,75+,76+/m0/s1. The van der Waals surface area contributed by atoms with Crippen LogP contribution in [0.1, 0.15) is 128 Å². The molecular formula is C86H108N12O16S. The minimum atomic E-state index is -4.34. The molecule has 6 aromatic carbocycles. The van der Waals surface area contributed by atoms with Crippen LogP contribution in [0.4, 0.5) is 0 Å². The molecule has 7 aromatic rings. The third kappa shape index (κ3) is 23.3. The van der Waals surface area contributed by atoms with Crippen LogP contribution in [0.15, 0.2) is 152 Å². The molecule has 1 unspecified atom stereocenters. The maximum absolute atomic E-state index is 15.5. The molecule has 0 aliphatic carbocycles. The van der Waals surface area contributed by atoms with Crippen molar-refractivity contribution in [3.8, 4) is 11.5 Å². The Labute approximate surface area is 671 Å². The van der Waals surface area contributed by atoms with Crippen LogP contribution in [-0.4, -0.2) is 197 Å². The second kappa shape index (κ2) is 38.6. The lowest BCUT2D eigenvalue weighted by Gasteiger charge is -2.36. The number of benzene rings is 6. The minimum Gasteiger partial charge on any atom is -0.490 e. The van der Waals surface area contributed by atoms with Gasteiger partial charge in [0.1, 0.15) is 54.6 Å². The Kier molecular flexibility index (Phi) is 29.1. The van der Waals surface area contributed by atoms with Crippen molar-refractivity contribution in [2.24, 2.45) is 28.6 Å². The molecule has 0 radical (unpaired) electrons. The van der Waals surface area contributed by atoms with Crippen molar-refractivity contribution >= 4 is 90.5 Å². The molecule has 29 heteroatoms. The highest BCUT2D eigenvalue weighted by Gasteiger charge is 2.49. The summed E-state index contributed by atoms with van der Waals surface area (Å²) in [5, 5.41) is 50.5. The monoisotopic (exact) mass is 1600 g/mol. The molecule has 7 heterocycles. The Bertz CT molecular complexity index is 4810. The van der Waals surface area contributed by atoms with E-state index < -0.39 is 171 Å². The van der Waals surface area contributed by atoms with Crippen LogP contribution < -0.4 is 46.1 Å². The lowest BCUT2D eigenvalue weighted by molar-refractivity contribution is -0.145. The Morgan fingerprint density at radius 3 is 1.57 bits per heavy atom. The van der Waals surface area contributed by atoms with Crippen molar-refractivity contribution in [1.82, 2.24) is 61.4 Å². The van der Waals surface area contributed by atoms with Gasteiger partial charge in [-0.3, -0.25) is 52.7 Å². The number of allylic oxidation sites excluding steroid dienone is 1. The van der Waals surface area contributed by atoms with Gasteiger partial charge in [0, 0.05) is 44.9 Å². The number of hydrogen-bond donors (Lipinski definition) is 9. The van der Waals surface area contributed by atoms with E-state index in [1.165, 1.54) is 14.5 Å². The Balaban J connectivity index is 0.998. The first-order valence-corrected chi connectivity index (χ1v) is 40.9. The fourth-order valence-electron chi connectivity index (χ4n) is 14.8. The van der Waals surface area contributed by atoms with Gasteiger partial charge in [-0.1, -0.05) is 168 Å². The molecule has 2 fully saturated rings. The normalized spacial score (nSPS) is 21.9. The zero-order valence-corrected chi connectivity index (χ0v) is 67.7. The summed E-state index contributed by atoms with van der Waals surface area (Å²) in [5.41, 5.74) is 0.953. The van der Waals surface area contributed by atoms with Crippen LogP contribution >= 0.6 is 0 Å². The number of amides is 7. The summed E-state index contributed by atoms with van der Waals surface area (Å²) in [7, 11) is -1.11. The zero-order chi connectivity index (χ0) is 83.1. The van der Waals surface area contributed by atoms with Gasteiger partial charge in [0.2, 0.25) is 51.4 Å². The number of likely N-dealkylation sites (tertiary alicyclic amines) is 2. The third-order valence-electron chi connectivity index (χ3n) is 21.8. The molecule has 13 rings (SSSR count). The Morgan fingerprint density at radius 1 is 0.600 bits per heavy atom. The summed E-state index contributed by atoms with van der Waals surface area (Å²) in [6, 6.07) is 30.3. The van der Waals surface area contributed by atoms with Crippen molar-refractivity contribution in [3.63, 3.8) is 0 Å². The number of aliphatic hydroxyl groups excluding tert-OH is 1. The van der Waals surface area contributed by atoms with E-state index >= 15 is 28.8 Å². The number of aliphatic hydroxyl groups is 1. The van der Waals surface area contributed by atoms with E-state index in [1.54, 1.807) is 110 Å². The molecule has 0 spiro atoms. The van der Waals surface area contributed by atoms with Crippen molar-refractivity contribution in [2.75, 3.05) is 46.2 Å². The summed E-state index contributed by atoms with van der Waals surface area (Å²) < 4.78 is 42.9. The number of Topliss-reactive ketones (excluding diaryl/α,β-unsaturated/α-hetero) is 2. The van der Waals surface area contributed by atoms with Crippen LogP contribution in [0.2, 0.25) is 0 Å². The van der Waals surface area contributed by atoms with Crippen molar-refractivity contribution < 1.29 is 76.0 Å². The number of sulfonamides is 1. The molecular weight excluding hydrogens is 1490 g/mol. The van der Waals surface area contributed by atoms with Crippen molar-refractivity contribution in [3.05, 3.63) is 180 Å². The number of fused-ring (bicyclic) bond motifs is 2.